The predicted octanol–water partition coefficient (Wildman–Crippen LogP) is 3.13. The van der Waals surface area contributed by atoms with Gasteiger partial charge in [0, 0.05) is 50.0 Å². The van der Waals surface area contributed by atoms with Gasteiger partial charge in [-0.15, -0.1) is 0 Å². The van der Waals surface area contributed by atoms with Gasteiger partial charge >= 0.3 is 0 Å². The smallest absolute Gasteiger partial charge is 0.224 e. The van der Waals surface area contributed by atoms with Crippen molar-refractivity contribution in [3.63, 3.8) is 0 Å². The number of carbonyl (C=O) groups is 1. The van der Waals surface area contributed by atoms with Crippen LogP contribution in [0, 0.1) is 0 Å². The quantitative estimate of drug-likeness (QED) is 0.740. The molecule has 1 aliphatic heterocycles. The number of hydrogen-bond donors (Lipinski definition) is 0. The van der Waals surface area contributed by atoms with Crippen molar-refractivity contribution in [2.45, 2.75) is 31.8 Å². The molecule has 1 saturated heterocycles. The van der Waals surface area contributed by atoms with E-state index in [9.17, 15) is 4.79 Å². The minimum Gasteiger partial charge on any atom is -0.347 e. The molecule has 1 amide bonds. The number of carbonyl (C=O) groups excluding carboxylic acids is 1. The summed E-state index contributed by atoms with van der Waals surface area (Å²) in [6, 6.07) is 10.6. The van der Waals surface area contributed by atoms with Gasteiger partial charge in [0.1, 0.15) is 0 Å². The Morgan fingerprint density at radius 3 is 3.00 bits per heavy atom. The fraction of sp³-hybridized carbons (Fsp3) is 0.368. The van der Waals surface area contributed by atoms with Crippen LogP contribution in [0.15, 0.2) is 48.9 Å². The molecule has 1 fully saturated rings. The molecule has 124 valence electrons. The average molecular weight is 322 g/mol. The summed E-state index contributed by atoms with van der Waals surface area (Å²) < 4.78 is 3.98. The molecule has 5 nitrogen and oxygen atoms in total. The fourth-order valence-electron chi connectivity index (χ4n) is 3.72. The molecule has 3 heterocycles. The molecule has 2 aromatic heterocycles. The largest absolute Gasteiger partial charge is 0.347 e. The van der Waals surface area contributed by atoms with Crippen LogP contribution < -0.4 is 0 Å². The normalized spacial score (nSPS) is 17.7. The molecule has 1 atom stereocenters. The lowest BCUT2D eigenvalue weighted by atomic mass is 10.1. The molecule has 0 bridgehead atoms. The van der Waals surface area contributed by atoms with Crippen molar-refractivity contribution in [2.75, 3.05) is 6.54 Å². The number of para-hydroxylation sites is 1. The van der Waals surface area contributed by atoms with Gasteiger partial charge in [0.05, 0.1) is 12.2 Å². The molecule has 1 aliphatic rings. The van der Waals surface area contributed by atoms with Gasteiger partial charge in [0.15, 0.2) is 0 Å². The van der Waals surface area contributed by atoms with E-state index < -0.39 is 0 Å². The molecule has 1 aromatic carbocycles. The fourth-order valence-corrected chi connectivity index (χ4v) is 3.72. The third-order valence-corrected chi connectivity index (χ3v) is 4.93. The van der Waals surface area contributed by atoms with Crippen LogP contribution in [0.25, 0.3) is 10.9 Å². The van der Waals surface area contributed by atoms with Crippen LogP contribution in [-0.4, -0.2) is 31.7 Å². The van der Waals surface area contributed by atoms with Gasteiger partial charge in [-0.25, -0.2) is 0 Å². The van der Waals surface area contributed by atoms with E-state index in [4.69, 9.17) is 0 Å². The topological polar surface area (TPSA) is 43.1 Å². The molecule has 0 N–H and O–H groups in total. The van der Waals surface area contributed by atoms with Gasteiger partial charge in [-0.1, -0.05) is 18.2 Å². The zero-order chi connectivity index (χ0) is 16.5. The Balaban J connectivity index is 1.45. The minimum atomic E-state index is 0.188. The molecule has 24 heavy (non-hydrogen) atoms. The monoisotopic (exact) mass is 322 g/mol. The van der Waals surface area contributed by atoms with Crippen LogP contribution in [-0.2, 0) is 18.4 Å². The number of fused-ring (bicyclic) bond motifs is 1. The first-order valence-electron chi connectivity index (χ1n) is 8.54. The molecule has 0 unspecified atom stereocenters. The summed E-state index contributed by atoms with van der Waals surface area (Å²) in [6.45, 7) is 1.58. The van der Waals surface area contributed by atoms with Gasteiger partial charge in [-0.2, -0.15) is 5.10 Å². The summed E-state index contributed by atoms with van der Waals surface area (Å²) in [5.74, 6) is 0.235. The number of hydrogen-bond acceptors (Lipinski definition) is 2. The molecule has 5 heteroatoms. The van der Waals surface area contributed by atoms with Crippen molar-refractivity contribution in [1.82, 2.24) is 19.2 Å². The van der Waals surface area contributed by atoms with Crippen molar-refractivity contribution in [2.24, 2.45) is 7.05 Å². The highest BCUT2D eigenvalue weighted by Crippen LogP contribution is 2.32. The summed E-state index contributed by atoms with van der Waals surface area (Å²) in [6.07, 6.45) is 8.61. The van der Waals surface area contributed by atoms with Crippen LogP contribution in [0.2, 0.25) is 0 Å². The number of aryl methyl sites for hydroxylation is 2. The van der Waals surface area contributed by atoms with E-state index in [-0.39, 0.29) is 11.9 Å². The first-order valence-corrected chi connectivity index (χ1v) is 8.54. The maximum Gasteiger partial charge on any atom is 0.224 e. The molecule has 0 aliphatic carbocycles. The number of nitrogens with zero attached hydrogens (tertiary/aromatic N) is 4. The van der Waals surface area contributed by atoms with Crippen LogP contribution >= 0.6 is 0 Å². The Hall–Kier alpha value is -2.56. The standard InChI is InChI=1S/C19H22N4O/c1-21-14-16(13-20-21)18-7-4-10-23(18)19(24)9-12-22-11-8-15-5-2-3-6-17(15)22/h2-3,5-6,8,11,13-14,18H,4,7,9-10,12H2,1H3/t18-/m0/s1. The van der Waals surface area contributed by atoms with Crippen LogP contribution in [0.5, 0.6) is 0 Å². The Morgan fingerprint density at radius 2 is 2.17 bits per heavy atom. The Kier molecular flexibility index (Phi) is 3.84. The highest BCUT2D eigenvalue weighted by molar-refractivity contribution is 5.81. The molecule has 4 rings (SSSR count). The lowest BCUT2D eigenvalue weighted by Gasteiger charge is -2.24. The second kappa shape index (κ2) is 6.15. The van der Waals surface area contributed by atoms with Crippen molar-refractivity contribution in [3.8, 4) is 0 Å². The maximum absolute atomic E-state index is 12.8. The van der Waals surface area contributed by atoms with E-state index in [2.05, 4.69) is 34.1 Å². The summed E-state index contributed by atoms with van der Waals surface area (Å²) in [5, 5.41) is 5.47. The Bertz CT molecular complexity index is 863. The van der Waals surface area contributed by atoms with Crippen molar-refractivity contribution in [1.29, 1.82) is 0 Å². The summed E-state index contributed by atoms with van der Waals surface area (Å²) in [5.41, 5.74) is 2.34. The maximum atomic E-state index is 12.8. The van der Waals surface area contributed by atoms with E-state index >= 15 is 0 Å². The number of benzene rings is 1. The second-order valence-corrected chi connectivity index (χ2v) is 6.51. The SMILES string of the molecule is Cn1cc([C@@H]2CCCN2C(=O)CCn2ccc3ccccc32)cn1. The second-order valence-electron chi connectivity index (χ2n) is 6.51. The van der Waals surface area contributed by atoms with Gasteiger partial charge in [0.25, 0.3) is 0 Å². The molecule has 3 aromatic rings. The molecular weight excluding hydrogens is 300 g/mol. The van der Waals surface area contributed by atoms with Crippen molar-refractivity contribution >= 4 is 16.8 Å². The van der Waals surface area contributed by atoms with E-state index in [1.165, 1.54) is 10.9 Å². The van der Waals surface area contributed by atoms with Gasteiger partial charge in [0.2, 0.25) is 5.91 Å². The van der Waals surface area contributed by atoms with Crippen molar-refractivity contribution < 1.29 is 4.79 Å². The average Bonchev–Trinajstić information content (AvgIpc) is 3.31. The zero-order valence-electron chi connectivity index (χ0n) is 13.9. The van der Waals surface area contributed by atoms with Crippen molar-refractivity contribution in [3.05, 3.63) is 54.5 Å². The lowest BCUT2D eigenvalue weighted by Crippen LogP contribution is -2.31. The van der Waals surface area contributed by atoms with Gasteiger partial charge in [-0.3, -0.25) is 9.48 Å². The lowest BCUT2D eigenvalue weighted by molar-refractivity contribution is -0.132. The van der Waals surface area contributed by atoms with Crippen LogP contribution in [0.3, 0.4) is 0 Å². The number of rotatable bonds is 4. The summed E-state index contributed by atoms with van der Waals surface area (Å²) in [7, 11) is 1.92. The number of likely N-dealkylation sites (tertiary alicyclic amines) is 1. The highest BCUT2D eigenvalue weighted by Gasteiger charge is 2.30. The third kappa shape index (κ3) is 2.70. The minimum absolute atomic E-state index is 0.188. The van der Waals surface area contributed by atoms with E-state index in [0.717, 1.165) is 31.5 Å². The first-order chi connectivity index (χ1) is 11.7. The number of amides is 1. The van der Waals surface area contributed by atoms with Crippen LogP contribution in [0.4, 0.5) is 0 Å². The number of aromatic nitrogens is 3. The Morgan fingerprint density at radius 1 is 1.29 bits per heavy atom. The van der Waals surface area contributed by atoms with E-state index in [1.54, 1.807) is 0 Å². The summed E-state index contributed by atoms with van der Waals surface area (Å²) >= 11 is 0. The first kappa shape index (κ1) is 15.0. The third-order valence-electron chi connectivity index (χ3n) is 4.93. The van der Waals surface area contributed by atoms with E-state index in [1.807, 2.05) is 41.2 Å². The highest BCUT2D eigenvalue weighted by atomic mass is 16.2. The molecule has 0 spiro atoms. The van der Waals surface area contributed by atoms with E-state index in [0.29, 0.717) is 6.42 Å². The molecule has 0 radical (unpaired) electrons. The summed E-state index contributed by atoms with van der Waals surface area (Å²) in [4.78, 5) is 14.8. The van der Waals surface area contributed by atoms with Gasteiger partial charge in [-0.05, 0) is 30.4 Å². The molecule has 0 saturated carbocycles. The zero-order valence-corrected chi connectivity index (χ0v) is 13.9. The predicted molar refractivity (Wildman–Crippen MR) is 93.5 cm³/mol. The molecular formula is C19H22N4O. The van der Waals surface area contributed by atoms with Gasteiger partial charge < -0.3 is 9.47 Å². The Labute approximate surface area is 141 Å². The van der Waals surface area contributed by atoms with Crippen LogP contribution in [0.1, 0.15) is 30.9 Å².